The van der Waals surface area contributed by atoms with Crippen LogP contribution in [0.4, 0.5) is 0 Å². The zero-order valence-corrected chi connectivity index (χ0v) is 10.4. The van der Waals surface area contributed by atoms with Gasteiger partial charge < -0.3 is 15.2 Å². The minimum atomic E-state index is -0.142. The van der Waals surface area contributed by atoms with E-state index in [0.29, 0.717) is 12.4 Å². The van der Waals surface area contributed by atoms with E-state index in [1.807, 2.05) is 54.6 Å². The van der Waals surface area contributed by atoms with E-state index in [1.165, 1.54) is 0 Å². The molecule has 0 radical (unpaired) electrons. The monoisotopic (exact) mass is 243 g/mol. The first-order valence-corrected chi connectivity index (χ1v) is 5.87. The van der Waals surface area contributed by atoms with Gasteiger partial charge in [-0.1, -0.05) is 42.5 Å². The summed E-state index contributed by atoms with van der Waals surface area (Å²) in [5.41, 5.74) is 7.13. The molecule has 2 aromatic rings. The highest BCUT2D eigenvalue weighted by atomic mass is 16.5. The Morgan fingerprint density at radius 1 is 0.944 bits per heavy atom. The fraction of sp³-hybridized carbons (Fsp3) is 0.200. The summed E-state index contributed by atoms with van der Waals surface area (Å²) in [5, 5.41) is 0. The molecule has 0 aliphatic carbocycles. The number of nitrogens with two attached hydrogens (primary N) is 1. The van der Waals surface area contributed by atoms with Crippen LogP contribution < -0.4 is 15.2 Å². The van der Waals surface area contributed by atoms with E-state index in [9.17, 15) is 0 Å². The first-order valence-electron chi connectivity index (χ1n) is 5.87. The molecule has 0 aliphatic rings. The summed E-state index contributed by atoms with van der Waals surface area (Å²) in [6.07, 6.45) is 0. The summed E-state index contributed by atoms with van der Waals surface area (Å²) in [4.78, 5) is 0. The highest BCUT2D eigenvalue weighted by molar-refractivity contribution is 5.39. The minimum absolute atomic E-state index is 0.142. The molecule has 0 saturated heterocycles. The lowest BCUT2D eigenvalue weighted by atomic mass is 10.1. The third-order valence-electron chi connectivity index (χ3n) is 2.72. The predicted molar refractivity (Wildman–Crippen MR) is 71.9 cm³/mol. The smallest absolute Gasteiger partial charge is 0.161 e. The number of rotatable bonds is 5. The normalized spacial score (nSPS) is 11.9. The topological polar surface area (TPSA) is 44.5 Å². The number of para-hydroxylation sites is 2. The van der Waals surface area contributed by atoms with Gasteiger partial charge in [-0.2, -0.15) is 0 Å². The number of hydrogen-bond donors (Lipinski definition) is 1. The molecule has 3 heteroatoms. The molecule has 0 aromatic heterocycles. The lowest BCUT2D eigenvalue weighted by molar-refractivity contribution is 0.273. The largest absolute Gasteiger partial charge is 0.493 e. The van der Waals surface area contributed by atoms with E-state index in [4.69, 9.17) is 15.2 Å². The van der Waals surface area contributed by atoms with Crippen LogP contribution >= 0.6 is 0 Å². The van der Waals surface area contributed by atoms with Gasteiger partial charge in [-0.05, 0) is 17.7 Å². The summed E-state index contributed by atoms with van der Waals surface area (Å²) < 4.78 is 10.9. The van der Waals surface area contributed by atoms with Crippen molar-refractivity contribution in [2.45, 2.75) is 6.04 Å². The van der Waals surface area contributed by atoms with Gasteiger partial charge in [-0.15, -0.1) is 0 Å². The maximum atomic E-state index is 6.07. The fourth-order valence-corrected chi connectivity index (χ4v) is 1.71. The van der Waals surface area contributed by atoms with Crippen LogP contribution in [0.15, 0.2) is 54.6 Å². The average Bonchev–Trinajstić information content (AvgIpc) is 2.46. The van der Waals surface area contributed by atoms with E-state index in [1.54, 1.807) is 7.11 Å². The van der Waals surface area contributed by atoms with E-state index < -0.39 is 0 Å². The van der Waals surface area contributed by atoms with Crippen molar-refractivity contribution < 1.29 is 9.47 Å². The Bertz CT molecular complexity index is 485. The molecule has 18 heavy (non-hydrogen) atoms. The van der Waals surface area contributed by atoms with Crippen LogP contribution in [0.1, 0.15) is 11.6 Å². The number of ether oxygens (including phenoxy) is 2. The highest BCUT2D eigenvalue weighted by Gasteiger charge is 2.08. The van der Waals surface area contributed by atoms with Gasteiger partial charge in [0, 0.05) is 0 Å². The molecule has 2 N–H and O–H groups in total. The molecule has 2 rings (SSSR count). The lowest BCUT2D eigenvalue weighted by Gasteiger charge is -2.15. The standard InChI is InChI=1S/C15H17NO2/c1-17-14-9-5-6-10-15(14)18-11-13(16)12-7-3-2-4-8-12/h2-10,13H,11,16H2,1H3. The molecule has 0 amide bonds. The second-order valence-corrected chi connectivity index (χ2v) is 3.98. The molecular formula is C15H17NO2. The molecule has 0 spiro atoms. The highest BCUT2D eigenvalue weighted by Crippen LogP contribution is 2.26. The summed E-state index contributed by atoms with van der Waals surface area (Å²) in [6.45, 7) is 0.421. The molecule has 94 valence electrons. The van der Waals surface area contributed by atoms with Gasteiger partial charge in [0.05, 0.1) is 13.2 Å². The van der Waals surface area contributed by atoms with Crippen LogP contribution in [0.3, 0.4) is 0 Å². The molecule has 1 unspecified atom stereocenters. The van der Waals surface area contributed by atoms with Crippen LogP contribution in [-0.2, 0) is 0 Å². The molecule has 2 aromatic carbocycles. The Morgan fingerprint density at radius 3 is 2.22 bits per heavy atom. The molecule has 0 fully saturated rings. The van der Waals surface area contributed by atoms with Crippen LogP contribution in [0.2, 0.25) is 0 Å². The zero-order valence-electron chi connectivity index (χ0n) is 10.4. The van der Waals surface area contributed by atoms with Crippen LogP contribution in [0, 0.1) is 0 Å². The maximum Gasteiger partial charge on any atom is 0.161 e. The molecule has 0 bridgehead atoms. The Balaban J connectivity index is 1.99. The molecule has 0 aliphatic heterocycles. The average molecular weight is 243 g/mol. The van der Waals surface area contributed by atoms with Crippen molar-refractivity contribution in [3.05, 3.63) is 60.2 Å². The fourth-order valence-electron chi connectivity index (χ4n) is 1.71. The number of methoxy groups -OCH3 is 1. The van der Waals surface area contributed by atoms with Crippen molar-refractivity contribution in [3.8, 4) is 11.5 Å². The quantitative estimate of drug-likeness (QED) is 0.878. The Hall–Kier alpha value is -2.00. The van der Waals surface area contributed by atoms with Crippen LogP contribution in [0.25, 0.3) is 0 Å². The van der Waals surface area contributed by atoms with E-state index in [0.717, 1.165) is 11.3 Å². The van der Waals surface area contributed by atoms with Crippen LogP contribution in [0.5, 0.6) is 11.5 Å². The summed E-state index contributed by atoms with van der Waals surface area (Å²) in [6, 6.07) is 17.3. The van der Waals surface area contributed by atoms with Gasteiger partial charge in [-0.25, -0.2) is 0 Å². The second-order valence-electron chi connectivity index (χ2n) is 3.98. The van der Waals surface area contributed by atoms with E-state index in [2.05, 4.69) is 0 Å². The van der Waals surface area contributed by atoms with Crippen molar-refractivity contribution in [2.75, 3.05) is 13.7 Å². The van der Waals surface area contributed by atoms with Crippen molar-refractivity contribution in [2.24, 2.45) is 5.73 Å². The molecule has 1 atom stereocenters. The van der Waals surface area contributed by atoms with Crippen molar-refractivity contribution >= 4 is 0 Å². The van der Waals surface area contributed by atoms with Gasteiger partial charge >= 0.3 is 0 Å². The predicted octanol–water partition coefficient (Wildman–Crippen LogP) is 2.77. The van der Waals surface area contributed by atoms with Gasteiger partial charge in [0.2, 0.25) is 0 Å². The Labute approximate surface area is 107 Å². The summed E-state index contributed by atoms with van der Waals surface area (Å²) in [7, 11) is 1.62. The van der Waals surface area contributed by atoms with Gasteiger partial charge in [0.15, 0.2) is 11.5 Å². The lowest BCUT2D eigenvalue weighted by Crippen LogP contribution is -2.19. The van der Waals surface area contributed by atoms with Gasteiger partial charge in [0.1, 0.15) is 6.61 Å². The number of benzene rings is 2. The van der Waals surface area contributed by atoms with E-state index in [-0.39, 0.29) is 6.04 Å². The zero-order chi connectivity index (χ0) is 12.8. The van der Waals surface area contributed by atoms with Gasteiger partial charge in [0.25, 0.3) is 0 Å². The van der Waals surface area contributed by atoms with Crippen molar-refractivity contribution in [1.82, 2.24) is 0 Å². The molecule has 3 nitrogen and oxygen atoms in total. The Kier molecular flexibility index (Phi) is 4.20. The summed E-state index contributed by atoms with van der Waals surface area (Å²) in [5.74, 6) is 1.43. The first-order chi connectivity index (χ1) is 8.81. The summed E-state index contributed by atoms with van der Waals surface area (Å²) >= 11 is 0. The third-order valence-corrected chi connectivity index (χ3v) is 2.72. The molecule has 0 heterocycles. The van der Waals surface area contributed by atoms with Gasteiger partial charge in [-0.3, -0.25) is 0 Å². The first kappa shape index (κ1) is 12.5. The number of hydrogen-bond acceptors (Lipinski definition) is 3. The second kappa shape index (κ2) is 6.07. The SMILES string of the molecule is COc1ccccc1OCC(N)c1ccccc1. The van der Waals surface area contributed by atoms with Crippen molar-refractivity contribution in [1.29, 1.82) is 0 Å². The minimum Gasteiger partial charge on any atom is -0.493 e. The third kappa shape index (κ3) is 3.02. The van der Waals surface area contributed by atoms with Crippen LogP contribution in [-0.4, -0.2) is 13.7 Å². The molecule has 0 saturated carbocycles. The maximum absolute atomic E-state index is 6.07. The van der Waals surface area contributed by atoms with E-state index >= 15 is 0 Å². The van der Waals surface area contributed by atoms with Crippen molar-refractivity contribution in [3.63, 3.8) is 0 Å². The Morgan fingerprint density at radius 2 is 1.56 bits per heavy atom. The molecular weight excluding hydrogens is 226 g/mol.